The van der Waals surface area contributed by atoms with Gasteiger partial charge >= 0.3 is 5.97 Å². The molecule has 1 aromatic rings. The number of amides is 1. The first-order valence-electron chi connectivity index (χ1n) is 9.74. The van der Waals surface area contributed by atoms with Gasteiger partial charge in [0, 0.05) is 37.6 Å². The van der Waals surface area contributed by atoms with Crippen molar-refractivity contribution in [1.29, 1.82) is 0 Å². The van der Waals surface area contributed by atoms with E-state index in [1.165, 1.54) is 13.3 Å². The van der Waals surface area contributed by atoms with Crippen LogP contribution in [0.25, 0.3) is 5.57 Å². The third-order valence-electron chi connectivity index (χ3n) is 4.57. The third kappa shape index (κ3) is 6.99. The molecular formula is C21H29N3O5. The van der Waals surface area contributed by atoms with Crippen LogP contribution in [0.2, 0.25) is 0 Å². The maximum atomic E-state index is 12.2. The first kappa shape index (κ1) is 22.6. The van der Waals surface area contributed by atoms with Crippen molar-refractivity contribution >= 4 is 23.7 Å². The average molecular weight is 403 g/mol. The van der Waals surface area contributed by atoms with Gasteiger partial charge in [0.05, 0.1) is 7.11 Å². The molecular weight excluding hydrogens is 374 g/mol. The van der Waals surface area contributed by atoms with Gasteiger partial charge in [-0.2, -0.15) is 0 Å². The van der Waals surface area contributed by atoms with Crippen LogP contribution in [-0.2, 0) is 19.1 Å². The van der Waals surface area contributed by atoms with Crippen LogP contribution in [0.4, 0.5) is 0 Å². The van der Waals surface area contributed by atoms with E-state index in [4.69, 9.17) is 20.3 Å². The van der Waals surface area contributed by atoms with Crippen molar-refractivity contribution in [3.63, 3.8) is 0 Å². The maximum absolute atomic E-state index is 12.2. The lowest BCUT2D eigenvalue weighted by Gasteiger charge is -2.19. The standard InChI is InChI=1S/C21H29N3O5/c1-28-21(27)20(24-18(26)8-5-10-25)16-7-4-6-15(12-16)17(13-22)14-23-19-9-2-3-11-29-19/h4,6-7,12-14,19-20,25H,2-3,5,8-11,22H2,1H3,(H,24,26)/b17-13+,23-14+. The molecule has 2 rings (SSSR count). The number of hydrogen-bond acceptors (Lipinski definition) is 7. The molecule has 1 fully saturated rings. The van der Waals surface area contributed by atoms with Crippen LogP contribution in [0, 0.1) is 0 Å². The number of esters is 1. The Kier molecular flexibility index (Phi) is 9.33. The van der Waals surface area contributed by atoms with Crippen LogP contribution in [0.15, 0.2) is 35.5 Å². The summed E-state index contributed by atoms with van der Waals surface area (Å²) < 4.78 is 10.4. The summed E-state index contributed by atoms with van der Waals surface area (Å²) in [7, 11) is 1.26. The van der Waals surface area contributed by atoms with Gasteiger partial charge in [-0.3, -0.25) is 9.79 Å². The van der Waals surface area contributed by atoms with E-state index in [1.807, 2.05) is 6.07 Å². The average Bonchev–Trinajstić information content (AvgIpc) is 2.77. The van der Waals surface area contributed by atoms with Gasteiger partial charge in [0.15, 0.2) is 6.04 Å². The summed E-state index contributed by atoms with van der Waals surface area (Å²) in [6.45, 7) is 0.608. The molecule has 0 aliphatic carbocycles. The fourth-order valence-corrected chi connectivity index (χ4v) is 2.99. The molecule has 8 heteroatoms. The molecule has 29 heavy (non-hydrogen) atoms. The molecule has 1 saturated heterocycles. The topological polar surface area (TPSA) is 123 Å². The van der Waals surface area contributed by atoms with Gasteiger partial charge in [-0.1, -0.05) is 18.2 Å². The minimum absolute atomic E-state index is 0.0967. The molecule has 0 aromatic heterocycles. The zero-order valence-electron chi connectivity index (χ0n) is 16.7. The Balaban J connectivity index is 2.19. The van der Waals surface area contributed by atoms with Crippen molar-refractivity contribution < 1.29 is 24.2 Å². The number of methoxy groups -OCH3 is 1. The molecule has 2 unspecified atom stereocenters. The number of rotatable bonds is 9. The molecule has 1 amide bonds. The SMILES string of the molecule is COC(=O)C(NC(=O)CCCO)c1cccc(C(=C/N)/C=N/C2CCCCO2)c1. The van der Waals surface area contributed by atoms with Crippen molar-refractivity contribution in [2.75, 3.05) is 20.3 Å². The van der Waals surface area contributed by atoms with Crippen LogP contribution in [0.1, 0.15) is 49.3 Å². The Hall–Kier alpha value is -2.71. The second-order valence-electron chi connectivity index (χ2n) is 6.70. The first-order valence-corrected chi connectivity index (χ1v) is 9.74. The predicted molar refractivity (Wildman–Crippen MR) is 110 cm³/mol. The molecule has 8 nitrogen and oxygen atoms in total. The summed E-state index contributed by atoms with van der Waals surface area (Å²) >= 11 is 0. The van der Waals surface area contributed by atoms with E-state index in [1.54, 1.807) is 24.4 Å². The van der Waals surface area contributed by atoms with Crippen LogP contribution in [0.5, 0.6) is 0 Å². The zero-order chi connectivity index (χ0) is 21.1. The second kappa shape index (κ2) is 12.0. The largest absolute Gasteiger partial charge is 0.467 e. The number of nitrogens with zero attached hydrogens (tertiary/aromatic N) is 1. The summed E-state index contributed by atoms with van der Waals surface area (Å²) in [5, 5.41) is 11.5. The highest BCUT2D eigenvalue weighted by molar-refractivity contribution is 6.09. The van der Waals surface area contributed by atoms with E-state index in [2.05, 4.69) is 10.3 Å². The normalized spacial score (nSPS) is 18.4. The molecule has 1 aliphatic heterocycles. The minimum Gasteiger partial charge on any atom is -0.467 e. The summed E-state index contributed by atoms with van der Waals surface area (Å²) in [5.41, 5.74) is 7.78. The summed E-state index contributed by atoms with van der Waals surface area (Å²) in [5.74, 6) is -0.924. The Bertz CT molecular complexity index is 742. The maximum Gasteiger partial charge on any atom is 0.333 e. The van der Waals surface area contributed by atoms with Crippen LogP contribution >= 0.6 is 0 Å². The number of nitrogens with one attached hydrogen (secondary N) is 1. The van der Waals surface area contributed by atoms with Crippen LogP contribution in [-0.4, -0.2) is 49.7 Å². The lowest BCUT2D eigenvalue weighted by atomic mass is 10.00. The van der Waals surface area contributed by atoms with E-state index in [0.717, 1.165) is 24.8 Å². The number of allylic oxidation sites excluding steroid dienone is 1. The fraction of sp³-hybridized carbons (Fsp3) is 0.476. The number of aliphatic hydroxyl groups excluding tert-OH is 1. The van der Waals surface area contributed by atoms with E-state index < -0.39 is 12.0 Å². The summed E-state index contributed by atoms with van der Waals surface area (Å²) in [6.07, 6.45) is 6.38. The number of benzene rings is 1. The number of nitrogens with two attached hydrogens (primary N) is 1. The number of aliphatic hydroxyl groups is 1. The van der Waals surface area contributed by atoms with Crippen molar-refractivity contribution in [2.24, 2.45) is 10.7 Å². The van der Waals surface area contributed by atoms with E-state index in [0.29, 0.717) is 24.2 Å². The molecule has 1 heterocycles. The highest BCUT2D eigenvalue weighted by atomic mass is 16.5. The monoisotopic (exact) mass is 403 g/mol. The molecule has 4 N–H and O–H groups in total. The van der Waals surface area contributed by atoms with Gasteiger partial charge in [-0.05, 0) is 42.9 Å². The molecule has 0 radical (unpaired) electrons. The van der Waals surface area contributed by atoms with Crippen LogP contribution < -0.4 is 11.1 Å². The van der Waals surface area contributed by atoms with E-state index >= 15 is 0 Å². The van der Waals surface area contributed by atoms with Gasteiger partial charge in [0.2, 0.25) is 5.91 Å². The van der Waals surface area contributed by atoms with Crippen molar-refractivity contribution in [2.45, 2.75) is 44.4 Å². The van der Waals surface area contributed by atoms with Gasteiger partial charge in [-0.15, -0.1) is 0 Å². The molecule has 1 aromatic carbocycles. The lowest BCUT2D eigenvalue weighted by molar-refractivity contribution is -0.145. The van der Waals surface area contributed by atoms with Crippen molar-refractivity contribution in [3.05, 3.63) is 41.6 Å². The smallest absolute Gasteiger partial charge is 0.333 e. The Morgan fingerprint density at radius 3 is 2.93 bits per heavy atom. The van der Waals surface area contributed by atoms with Gasteiger partial charge < -0.3 is 25.6 Å². The molecule has 158 valence electrons. The molecule has 0 bridgehead atoms. The van der Waals surface area contributed by atoms with Gasteiger partial charge in [0.25, 0.3) is 0 Å². The Morgan fingerprint density at radius 1 is 1.45 bits per heavy atom. The van der Waals surface area contributed by atoms with E-state index in [-0.39, 0.29) is 25.2 Å². The fourth-order valence-electron chi connectivity index (χ4n) is 2.99. The summed E-state index contributed by atoms with van der Waals surface area (Å²) in [4.78, 5) is 28.8. The van der Waals surface area contributed by atoms with Crippen LogP contribution in [0.3, 0.4) is 0 Å². The number of carbonyl (C=O) groups is 2. The highest BCUT2D eigenvalue weighted by Crippen LogP contribution is 2.21. The zero-order valence-corrected chi connectivity index (χ0v) is 16.7. The number of hydrogen-bond donors (Lipinski definition) is 3. The molecule has 0 spiro atoms. The molecule has 0 saturated carbocycles. The predicted octanol–water partition coefficient (Wildman–Crippen LogP) is 1.69. The highest BCUT2D eigenvalue weighted by Gasteiger charge is 2.24. The quantitative estimate of drug-likeness (QED) is 0.426. The van der Waals surface area contributed by atoms with Crippen molar-refractivity contribution in [1.82, 2.24) is 5.32 Å². The van der Waals surface area contributed by atoms with Gasteiger partial charge in [0.1, 0.15) is 6.23 Å². The Labute approximate surface area is 170 Å². The number of ether oxygens (including phenoxy) is 2. The number of aliphatic imine (C=N–C) groups is 1. The molecule has 1 aliphatic rings. The van der Waals surface area contributed by atoms with Gasteiger partial charge in [-0.25, -0.2) is 4.79 Å². The molecule has 2 atom stereocenters. The van der Waals surface area contributed by atoms with E-state index in [9.17, 15) is 9.59 Å². The Morgan fingerprint density at radius 2 is 2.28 bits per heavy atom. The lowest BCUT2D eigenvalue weighted by Crippen LogP contribution is -2.34. The summed E-state index contributed by atoms with van der Waals surface area (Å²) in [6, 6.07) is 6.16. The van der Waals surface area contributed by atoms with Crippen molar-refractivity contribution in [3.8, 4) is 0 Å². The third-order valence-corrected chi connectivity index (χ3v) is 4.57. The number of carbonyl (C=O) groups excluding carboxylic acids is 2. The second-order valence-corrected chi connectivity index (χ2v) is 6.70. The minimum atomic E-state index is -0.955. The first-order chi connectivity index (χ1) is 14.1.